The van der Waals surface area contributed by atoms with Crippen molar-refractivity contribution in [3.8, 4) is 50.5 Å². The Bertz CT molecular complexity index is 2550. The summed E-state index contributed by atoms with van der Waals surface area (Å²) in [6.45, 7) is 0. The highest BCUT2D eigenvalue weighted by atomic mass is 15.1. The normalized spacial score (nSPS) is 11.4. The molecule has 9 rings (SSSR count). The molecule has 0 saturated heterocycles. The molecule has 0 aliphatic heterocycles. The van der Waals surface area contributed by atoms with Gasteiger partial charge in [0.05, 0.1) is 11.0 Å². The monoisotopic (exact) mass is 598 g/mol. The Kier molecular flexibility index (Phi) is 6.50. The van der Waals surface area contributed by atoms with Gasteiger partial charge in [-0.2, -0.15) is 0 Å². The Morgan fingerprint density at radius 1 is 0.340 bits per heavy atom. The van der Waals surface area contributed by atoms with E-state index in [-0.39, 0.29) is 0 Å². The first kappa shape index (κ1) is 27.1. The Morgan fingerprint density at radius 2 is 0.894 bits per heavy atom. The number of fused-ring (bicyclic) bond motifs is 3. The SMILES string of the molecule is c1ccc(-c2ccc3c(-c4cccc(-n5c(-c6ccccc6)nc6ccccc65)c4)c4ccccc4c(-c4ccccc4)c3c2)cc1. The van der Waals surface area contributed by atoms with Gasteiger partial charge in [0.1, 0.15) is 5.82 Å². The standard InChI is InChI=1S/C45H30N2/c1-4-15-31(16-5-1)34-27-28-39-40(30-34)43(32-17-6-2-7-18-32)37-23-10-11-24-38(37)44(39)35-21-14-22-36(29-35)47-42-26-13-12-25-41(42)46-45(47)33-19-8-3-9-20-33/h1-30H. The molecule has 0 amide bonds. The summed E-state index contributed by atoms with van der Waals surface area (Å²) in [7, 11) is 0. The van der Waals surface area contributed by atoms with Gasteiger partial charge in [-0.05, 0) is 85.3 Å². The Morgan fingerprint density at radius 3 is 1.62 bits per heavy atom. The molecule has 0 fully saturated rings. The van der Waals surface area contributed by atoms with E-state index in [4.69, 9.17) is 4.98 Å². The third-order valence-electron chi connectivity index (χ3n) is 9.18. The topological polar surface area (TPSA) is 17.8 Å². The summed E-state index contributed by atoms with van der Waals surface area (Å²) in [4.78, 5) is 5.11. The largest absolute Gasteiger partial charge is 0.292 e. The fraction of sp³-hybridized carbons (Fsp3) is 0. The summed E-state index contributed by atoms with van der Waals surface area (Å²) < 4.78 is 2.30. The minimum absolute atomic E-state index is 0.936. The zero-order chi connectivity index (χ0) is 31.2. The fourth-order valence-corrected chi connectivity index (χ4v) is 7.08. The first-order chi connectivity index (χ1) is 23.3. The molecule has 0 aliphatic carbocycles. The zero-order valence-electron chi connectivity index (χ0n) is 25.7. The van der Waals surface area contributed by atoms with Crippen LogP contribution in [0.5, 0.6) is 0 Å². The summed E-state index contributed by atoms with van der Waals surface area (Å²) in [5.74, 6) is 0.936. The Balaban J connectivity index is 1.34. The molecule has 2 heteroatoms. The van der Waals surface area contributed by atoms with Crippen LogP contribution in [-0.4, -0.2) is 9.55 Å². The summed E-state index contributed by atoms with van der Waals surface area (Å²) in [5.41, 5.74) is 11.6. The average molecular weight is 599 g/mol. The van der Waals surface area contributed by atoms with E-state index in [1.807, 2.05) is 0 Å². The van der Waals surface area contributed by atoms with Crippen molar-refractivity contribution in [1.82, 2.24) is 9.55 Å². The van der Waals surface area contributed by atoms with Crippen molar-refractivity contribution < 1.29 is 0 Å². The Hall–Kier alpha value is -6.25. The second-order valence-corrected chi connectivity index (χ2v) is 12.0. The molecule has 2 nitrogen and oxygen atoms in total. The van der Waals surface area contributed by atoms with E-state index in [1.165, 1.54) is 54.9 Å². The van der Waals surface area contributed by atoms with Crippen LogP contribution in [0.2, 0.25) is 0 Å². The van der Waals surface area contributed by atoms with Crippen LogP contribution in [-0.2, 0) is 0 Å². The number of nitrogens with zero attached hydrogens (tertiary/aromatic N) is 2. The van der Waals surface area contributed by atoms with Crippen LogP contribution >= 0.6 is 0 Å². The minimum atomic E-state index is 0.936. The number of imidazole rings is 1. The van der Waals surface area contributed by atoms with Crippen molar-refractivity contribution in [2.75, 3.05) is 0 Å². The highest BCUT2D eigenvalue weighted by molar-refractivity contribution is 6.22. The summed E-state index contributed by atoms with van der Waals surface area (Å²) >= 11 is 0. The van der Waals surface area contributed by atoms with Gasteiger partial charge in [-0.15, -0.1) is 0 Å². The smallest absolute Gasteiger partial charge is 0.145 e. The predicted octanol–water partition coefficient (Wildman–Crippen LogP) is 12.0. The maximum absolute atomic E-state index is 5.11. The second-order valence-electron chi connectivity index (χ2n) is 12.0. The van der Waals surface area contributed by atoms with E-state index < -0.39 is 0 Å². The van der Waals surface area contributed by atoms with E-state index in [0.29, 0.717) is 0 Å². The van der Waals surface area contributed by atoms with Crippen LogP contribution in [0.25, 0.3) is 83.0 Å². The minimum Gasteiger partial charge on any atom is -0.292 e. The van der Waals surface area contributed by atoms with E-state index in [1.54, 1.807) is 0 Å². The molecule has 47 heavy (non-hydrogen) atoms. The number of benzene rings is 8. The number of rotatable bonds is 5. The highest BCUT2D eigenvalue weighted by Gasteiger charge is 2.19. The molecule has 0 radical (unpaired) electrons. The maximum Gasteiger partial charge on any atom is 0.145 e. The second kappa shape index (κ2) is 11.3. The van der Waals surface area contributed by atoms with Gasteiger partial charge in [0.15, 0.2) is 0 Å². The number of hydrogen-bond acceptors (Lipinski definition) is 1. The molecule has 0 N–H and O–H groups in total. The van der Waals surface area contributed by atoms with Gasteiger partial charge in [-0.25, -0.2) is 4.98 Å². The van der Waals surface area contributed by atoms with Crippen LogP contribution in [0.1, 0.15) is 0 Å². The van der Waals surface area contributed by atoms with Crippen LogP contribution in [0, 0.1) is 0 Å². The molecule has 220 valence electrons. The van der Waals surface area contributed by atoms with Gasteiger partial charge >= 0.3 is 0 Å². The molecule has 0 aliphatic rings. The van der Waals surface area contributed by atoms with Gasteiger partial charge in [0.25, 0.3) is 0 Å². The van der Waals surface area contributed by atoms with Crippen molar-refractivity contribution in [1.29, 1.82) is 0 Å². The van der Waals surface area contributed by atoms with Crippen molar-refractivity contribution in [3.63, 3.8) is 0 Å². The van der Waals surface area contributed by atoms with Gasteiger partial charge in [-0.3, -0.25) is 4.57 Å². The molecule has 1 heterocycles. The first-order valence-corrected chi connectivity index (χ1v) is 16.1. The lowest BCUT2D eigenvalue weighted by atomic mass is 9.85. The summed E-state index contributed by atoms with van der Waals surface area (Å²) in [6.07, 6.45) is 0. The molecular formula is C45H30N2. The summed E-state index contributed by atoms with van der Waals surface area (Å²) in [6, 6.07) is 65.1. The van der Waals surface area contributed by atoms with Crippen molar-refractivity contribution in [2.45, 2.75) is 0 Å². The van der Waals surface area contributed by atoms with E-state index in [0.717, 1.165) is 28.1 Å². The molecule has 9 aromatic rings. The molecule has 0 bridgehead atoms. The summed E-state index contributed by atoms with van der Waals surface area (Å²) in [5, 5.41) is 4.96. The van der Waals surface area contributed by atoms with E-state index >= 15 is 0 Å². The van der Waals surface area contributed by atoms with Gasteiger partial charge in [0, 0.05) is 11.3 Å². The van der Waals surface area contributed by atoms with E-state index in [2.05, 4.69) is 187 Å². The number of hydrogen-bond donors (Lipinski definition) is 0. The highest BCUT2D eigenvalue weighted by Crippen LogP contribution is 2.45. The predicted molar refractivity (Wildman–Crippen MR) is 198 cm³/mol. The van der Waals surface area contributed by atoms with Gasteiger partial charge in [0.2, 0.25) is 0 Å². The number of para-hydroxylation sites is 2. The first-order valence-electron chi connectivity index (χ1n) is 16.1. The quantitative estimate of drug-likeness (QED) is 0.180. The molecule has 0 unspecified atom stereocenters. The van der Waals surface area contributed by atoms with Crippen LogP contribution in [0.4, 0.5) is 0 Å². The van der Waals surface area contributed by atoms with Crippen molar-refractivity contribution in [3.05, 3.63) is 182 Å². The maximum atomic E-state index is 5.11. The van der Waals surface area contributed by atoms with Gasteiger partial charge in [-0.1, -0.05) is 152 Å². The molecule has 0 atom stereocenters. The molecule has 0 spiro atoms. The Labute approximate surface area is 273 Å². The zero-order valence-corrected chi connectivity index (χ0v) is 25.7. The number of aromatic nitrogens is 2. The lowest BCUT2D eigenvalue weighted by Crippen LogP contribution is -1.98. The molecule has 0 saturated carbocycles. The van der Waals surface area contributed by atoms with Crippen LogP contribution < -0.4 is 0 Å². The van der Waals surface area contributed by atoms with Crippen molar-refractivity contribution in [2.24, 2.45) is 0 Å². The van der Waals surface area contributed by atoms with Gasteiger partial charge < -0.3 is 0 Å². The average Bonchev–Trinajstić information content (AvgIpc) is 3.54. The third kappa shape index (κ3) is 4.62. The van der Waals surface area contributed by atoms with Crippen LogP contribution in [0.15, 0.2) is 182 Å². The molecule has 8 aromatic carbocycles. The third-order valence-corrected chi connectivity index (χ3v) is 9.18. The van der Waals surface area contributed by atoms with E-state index in [9.17, 15) is 0 Å². The lowest BCUT2D eigenvalue weighted by molar-refractivity contribution is 1.10. The molecular weight excluding hydrogens is 569 g/mol. The fourth-order valence-electron chi connectivity index (χ4n) is 7.08. The van der Waals surface area contributed by atoms with Crippen molar-refractivity contribution >= 4 is 32.6 Å². The van der Waals surface area contributed by atoms with Crippen LogP contribution in [0.3, 0.4) is 0 Å². The lowest BCUT2D eigenvalue weighted by Gasteiger charge is -2.19. The molecule has 1 aromatic heterocycles.